The molecule has 2 rings (SSSR count). The van der Waals surface area contributed by atoms with E-state index in [2.05, 4.69) is 25.6 Å². The molecule has 0 bridgehead atoms. The van der Waals surface area contributed by atoms with Crippen molar-refractivity contribution in [3.63, 3.8) is 0 Å². The third-order valence-electron chi connectivity index (χ3n) is 1.55. The molecule has 0 spiro atoms. The van der Waals surface area contributed by atoms with E-state index in [-0.39, 0.29) is 18.4 Å². The molecule has 0 aromatic carbocycles. The van der Waals surface area contributed by atoms with Crippen molar-refractivity contribution in [3.05, 3.63) is 12.1 Å². The largest absolute Gasteiger partial charge is 0.480 e. The number of aromatic amines is 1. The Labute approximate surface area is 88.4 Å². The van der Waals surface area contributed by atoms with Gasteiger partial charge in [-0.2, -0.15) is 15.4 Å². The number of rotatable bonds is 5. The van der Waals surface area contributed by atoms with E-state index >= 15 is 0 Å². The highest BCUT2D eigenvalue weighted by Gasteiger charge is 2.11. The van der Waals surface area contributed by atoms with Gasteiger partial charge in [-0.25, -0.2) is 4.79 Å². The van der Waals surface area contributed by atoms with E-state index in [4.69, 9.17) is 14.3 Å². The highest BCUT2D eigenvalue weighted by Crippen LogP contribution is 2.13. The van der Waals surface area contributed by atoms with Gasteiger partial charge in [0.1, 0.15) is 13.2 Å². The molecule has 0 amide bonds. The normalized spacial score (nSPS) is 10.5. The fraction of sp³-hybridized carbons (Fsp3) is 0.286. The van der Waals surface area contributed by atoms with Crippen LogP contribution < -0.4 is 0 Å². The predicted molar refractivity (Wildman–Crippen MR) is 47.0 cm³/mol. The van der Waals surface area contributed by atoms with Gasteiger partial charge in [0.05, 0.1) is 6.20 Å². The van der Waals surface area contributed by atoms with Crippen LogP contribution in [0.3, 0.4) is 0 Å². The predicted octanol–water partition coefficient (Wildman–Crippen LogP) is -0.544. The first kappa shape index (κ1) is 10.2. The van der Waals surface area contributed by atoms with Crippen molar-refractivity contribution in [3.8, 4) is 11.6 Å². The van der Waals surface area contributed by atoms with Crippen LogP contribution in [0.4, 0.5) is 0 Å². The highest BCUT2D eigenvalue weighted by atomic mass is 16.5. The van der Waals surface area contributed by atoms with Crippen molar-refractivity contribution in [1.82, 2.24) is 25.6 Å². The van der Waals surface area contributed by atoms with E-state index in [0.29, 0.717) is 5.69 Å². The number of ether oxygens (including phenoxy) is 1. The maximum atomic E-state index is 10.2. The molecule has 0 unspecified atom stereocenters. The first-order valence-electron chi connectivity index (χ1n) is 4.24. The molecule has 0 aliphatic carbocycles. The van der Waals surface area contributed by atoms with Crippen molar-refractivity contribution < 1.29 is 19.1 Å². The Bertz CT molecular complexity index is 465. The fourth-order valence-electron chi connectivity index (χ4n) is 0.946. The second-order valence-corrected chi connectivity index (χ2v) is 2.74. The number of aromatic nitrogens is 5. The van der Waals surface area contributed by atoms with E-state index in [9.17, 15) is 4.79 Å². The van der Waals surface area contributed by atoms with Crippen LogP contribution in [0.2, 0.25) is 0 Å². The first-order valence-corrected chi connectivity index (χ1v) is 4.24. The summed E-state index contributed by atoms with van der Waals surface area (Å²) >= 11 is 0. The van der Waals surface area contributed by atoms with Crippen LogP contribution in [0, 0.1) is 0 Å². The number of carboxylic acids is 1. The molecule has 0 atom stereocenters. The summed E-state index contributed by atoms with van der Waals surface area (Å²) in [5, 5.41) is 25.4. The summed E-state index contributed by atoms with van der Waals surface area (Å²) in [5.74, 6) is -0.682. The summed E-state index contributed by atoms with van der Waals surface area (Å²) in [6, 6.07) is 0. The number of nitrogens with zero attached hydrogens (tertiary/aromatic N) is 4. The Balaban J connectivity index is 1.95. The number of H-pyrrole nitrogens is 1. The third-order valence-corrected chi connectivity index (χ3v) is 1.55. The third kappa shape index (κ3) is 2.39. The van der Waals surface area contributed by atoms with Gasteiger partial charge < -0.3 is 14.3 Å². The van der Waals surface area contributed by atoms with Crippen LogP contribution in [0.1, 0.15) is 5.89 Å². The smallest absolute Gasteiger partial charge is 0.329 e. The van der Waals surface area contributed by atoms with Crippen molar-refractivity contribution in [1.29, 1.82) is 0 Å². The number of nitrogens with one attached hydrogen (secondary N) is 1. The van der Waals surface area contributed by atoms with E-state index in [1.54, 1.807) is 0 Å². The summed E-state index contributed by atoms with van der Waals surface area (Å²) < 4.78 is 9.92. The van der Waals surface area contributed by atoms with Crippen molar-refractivity contribution in [2.24, 2.45) is 0 Å². The average Bonchev–Trinajstić information content (AvgIpc) is 2.85. The van der Waals surface area contributed by atoms with Gasteiger partial charge in [-0.05, 0) is 0 Å². The minimum absolute atomic E-state index is 0.0584. The number of carboxylic acid groups (broad SMARTS) is 1. The van der Waals surface area contributed by atoms with Crippen LogP contribution in [0.5, 0.6) is 0 Å². The van der Waals surface area contributed by atoms with Crippen LogP contribution in [-0.4, -0.2) is 43.3 Å². The summed E-state index contributed by atoms with van der Waals surface area (Å²) in [7, 11) is 0. The highest BCUT2D eigenvalue weighted by molar-refractivity contribution is 5.67. The lowest BCUT2D eigenvalue weighted by molar-refractivity contribution is -0.142. The van der Waals surface area contributed by atoms with Crippen molar-refractivity contribution >= 4 is 5.97 Å². The molecule has 84 valence electrons. The minimum Gasteiger partial charge on any atom is -0.480 e. The SMILES string of the molecule is O=C(O)COCc1nnc(-c2cn[nH]n2)o1. The van der Waals surface area contributed by atoms with Crippen LogP contribution in [-0.2, 0) is 16.1 Å². The topological polar surface area (TPSA) is 127 Å². The number of aliphatic carboxylic acids is 1. The Morgan fingerprint density at radius 2 is 2.44 bits per heavy atom. The van der Waals surface area contributed by atoms with Gasteiger partial charge in [-0.3, -0.25) is 0 Å². The summed E-state index contributed by atoms with van der Waals surface area (Å²) in [6.45, 7) is -0.473. The number of hydrogen-bond donors (Lipinski definition) is 2. The van der Waals surface area contributed by atoms with E-state index < -0.39 is 12.6 Å². The van der Waals surface area contributed by atoms with Gasteiger partial charge >= 0.3 is 5.97 Å². The molecule has 0 aliphatic rings. The van der Waals surface area contributed by atoms with Crippen LogP contribution >= 0.6 is 0 Å². The van der Waals surface area contributed by atoms with Gasteiger partial charge in [0.25, 0.3) is 5.89 Å². The monoisotopic (exact) mass is 225 g/mol. The molecule has 2 heterocycles. The molecule has 0 saturated carbocycles. The van der Waals surface area contributed by atoms with Gasteiger partial charge in [0.2, 0.25) is 5.89 Å². The van der Waals surface area contributed by atoms with Crippen LogP contribution in [0.15, 0.2) is 10.6 Å². The second-order valence-electron chi connectivity index (χ2n) is 2.74. The molecule has 2 aromatic heterocycles. The molecule has 0 aliphatic heterocycles. The molecule has 0 fully saturated rings. The summed E-state index contributed by atoms with van der Waals surface area (Å²) in [4.78, 5) is 10.2. The zero-order valence-corrected chi connectivity index (χ0v) is 7.95. The molecular formula is C7H7N5O4. The van der Waals surface area contributed by atoms with Gasteiger partial charge in [0, 0.05) is 0 Å². The van der Waals surface area contributed by atoms with Crippen molar-refractivity contribution in [2.45, 2.75) is 6.61 Å². The quantitative estimate of drug-likeness (QED) is 0.694. The standard InChI is InChI=1S/C7H7N5O4/c13-6(14)3-15-2-5-10-11-7(16-5)4-1-8-12-9-4/h1H,2-3H2,(H,13,14)(H,8,9,12). The minimum atomic E-state index is -1.06. The van der Waals surface area contributed by atoms with Gasteiger partial charge in [-0.1, -0.05) is 0 Å². The molecule has 9 heteroatoms. The first-order chi connectivity index (χ1) is 7.75. The summed E-state index contributed by atoms with van der Waals surface area (Å²) in [5.41, 5.74) is 0.414. The average molecular weight is 225 g/mol. The zero-order chi connectivity index (χ0) is 11.4. The van der Waals surface area contributed by atoms with Gasteiger partial charge in [-0.15, -0.1) is 10.2 Å². The maximum absolute atomic E-state index is 10.2. The van der Waals surface area contributed by atoms with Crippen LogP contribution in [0.25, 0.3) is 11.6 Å². The Morgan fingerprint density at radius 3 is 3.12 bits per heavy atom. The zero-order valence-electron chi connectivity index (χ0n) is 7.95. The van der Waals surface area contributed by atoms with Crippen molar-refractivity contribution in [2.75, 3.05) is 6.61 Å². The van der Waals surface area contributed by atoms with E-state index in [1.165, 1.54) is 6.20 Å². The second kappa shape index (κ2) is 4.49. The summed E-state index contributed by atoms with van der Waals surface area (Å²) in [6.07, 6.45) is 1.43. The molecule has 2 aromatic rings. The van der Waals surface area contributed by atoms with E-state index in [1.807, 2.05) is 0 Å². The molecule has 9 nitrogen and oxygen atoms in total. The lowest BCUT2D eigenvalue weighted by atomic mass is 10.5. The lowest BCUT2D eigenvalue weighted by Crippen LogP contribution is -2.06. The Morgan fingerprint density at radius 1 is 1.56 bits per heavy atom. The van der Waals surface area contributed by atoms with E-state index in [0.717, 1.165) is 0 Å². The fourth-order valence-corrected chi connectivity index (χ4v) is 0.946. The molecule has 2 N–H and O–H groups in total. The lowest BCUT2D eigenvalue weighted by Gasteiger charge is -1.94. The maximum Gasteiger partial charge on any atom is 0.329 e. The molecule has 0 saturated heterocycles. The Hall–Kier alpha value is -2.29. The molecule has 0 radical (unpaired) electrons. The number of carbonyl (C=O) groups is 1. The Kier molecular flexibility index (Phi) is 2.87. The number of hydrogen-bond acceptors (Lipinski definition) is 7. The van der Waals surface area contributed by atoms with Gasteiger partial charge in [0.15, 0.2) is 5.69 Å². The molecular weight excluding hydrogens is 218 g/mol. The molecule has 16 heavy (non-hydrogen) atoms.